The lowest BCUT2D eigenvalue weighted by atomic mass is 9.94. The van der Waals surface area contributed by atoms with Crippen LogP contribution in [-0.2, 0) is 11.0 Å². The molecule has 0 aliphatic heterocycles. The van der Waals surface area contributed by atoms with Crippen molar-refractivity contribution in [3.63, 3.8) is 0 Å². The predicted molar refractivity (Wildman–Crippen MR) is 86.3 cm³/mol. The second kappa shape index (κ2) is 6.83. The Hall–Kier alpha value is -2.42. The summed E-state index contributed by atoms with van der Waals surface area (Å²) in [6.45, 7) is 2.83. The Bertz CT molecular complexity index is 800. The molecule has 0 saturated carbocycles. The third-order valence-electron chi connectivity index (χ3n) is 3.44. The largest absolute Gasteiger partial charge is 0.481 e. The number of carboxylic acid groups (broad SMARTS) is 1. The van der Waals surface area contributed by atoms with E-state index < -0.39 is 29.0 Å². The first-order valence-corrected chi connectivity index (χ1v) is 8.03. The topological polar surface area (TPSA) is 79.3 Å². The Kier molecular flexibility index (Phi) is 5.17. The van der Waals surface area contributed by atoms with Crippen LogP contribution in [0.3, 0.4) is 0 Å². The number of nitrogens with zero attached hydrogens (tertiary/aromatic N) is 1. The molecule has 0 radical (unpaired) electrons. The number of aliphatic carboxylic acids is 1. The predicted octanol–water partition coefficient (Wildman–Crippen LogP) is 3.67. The maximum Gasteiger partial charge on any atom is 0.416 e. The van der Waals surface area contributed by atoms with Crippen LogP contribution >= 0.6 is 11.3 Å². The van der Waals surface area contributed by atoms with Crippen LogP contribution in [0.15, 0.2) is 29.6 Å². The Morgan fingerprint density at radius 1 is 1.28 bits per heavy atom. The molecular weight excluding hydrogens is 357 g/mol. The first-order valence-electron chi connectivity index (χ1n) is 7.15. The number of hydrogen-bond acceptors (Lipinski definition) is 4. The first-order chi connectivity index (χ1) is 11.5. The van der Waals surface area contributed by atoms with Gasteiger partial charge in [-0.2, -0.15) is 13.2 Å². The average molecular weight is 372 g/mol. The molecule has 2 N–H and O–H groups in total. The van der Waals surface area contributed by atoms with E-state index in [-0.39, 0.29) is 22.8 Å². The molecular formula is C16H15F3N2O3S. The van der Waals surface area contributed by atoms with Gasteiger partial charge in [0.05, 0.1) is 11.0 Å². The molecule has 2 rings (SSSR count). The minimum absolute atomic E-state index is 0.0265. The molecule has 0 aliphatic rings. The van der Waals surface area contributed by atoms with E-state index in [0.717, 1.165) is 23.5 Å². The van der Waals surface area contributed by atoms with E-state index in [2.05, 4.69) is 10.3 Å². The molecule has 25 heavy (non-hydrogen) atoms. The summed E-state index contributed by atoms with van der Waals surface area (Å²) in [5.41, 5.74) is -1.66. The van der Waals surface area contributed by atoms with Gasteiger partial charge in [0.2, 0.25) is 0 Å². The van der Waals surface area contributed by atoms with Crippen molar-refractivity contribution in [2.45, 2.75) is 20.0 Å². The molecule has 0 unspecified atom stereocenters. The summed E-state index contributed by atoms with van der Waals surface area (Å²) in [4.78, 5) is 27.1. The highest BCUT2D eigenvalue weighted by molar-refractivity contribution is 7.13. The van der Waals surface area contributed by atoms with E-state index in [4.69, 9.17) is 5.11 Å². The van der Waals surface area contributed by atoms with Crippen molar-refractivity contribution in [3.8, 4) is 10.6 Å². The zero-order valence-corrected chi connectivity index (χ0v) is 14.2. The zero-order chi connectivity index (χ0) is 18.8. The molecule has 0 bridgehead atoms. The monoisotopic (exact) mass is 372 g/mol. The third kappa shape index (κ3) is 4.56. The third-order valence-corrected chi connectivity index (χ3v) is 4.33. The number of benzene rings is 1. The number of alkyl halides is 3. The number of amides is 1. The lowest BCUT2D eigenvalue weighted by Gasteiger charge is -2.18. The number of rotatable bonds is 5. The van der Waals surface area contributed by atoms with Gasteiger partial charge in [0, 0.05) is 17.5 Å². The summed E-state index contributed by atoms with van der Waals surface area (Å²) in [5, 5.41) is 13.2. The normalized spacial score (nSPS) is 12.0. The van der Waals surface area contributed by atoms with Crippen molar-refractivity contribution in [3.05, 3.63) is 40.9 Å². The minimum Gasteiger partial charge on any atom is -0.481 e. The number of halogens is 3. The smallest absolute Gasteiger partial charge is 0.416 e. The number of carbonyl (C=O) groups excluding carboxylic acids is 1. The molecule has 5 nitrogen and oxygen atoms in total. The van der Waals surface area contributed by atoms with Gasteiger partial charge in [-0.25, -0.2) is 4.98 Å². The van der Waals surface area contributed by atoms with Gasteiger partial charge in [-0.3, -0.25) is 9.59 Å². The highest BCUT2D eigenvalue weighted by Gasteiger charge is 2.31. The number of hydrogen-bond donors (Lipinski definition) is 2. The van der Waals surface area contributed by atoms with Crippen molar-refractivity contribution < 1.29 is 27.9 Å². The van der Waals surface area contributed by atoms with E-state index in [1.54, 1.807) is 0 Å². The molecule has 2 aromatic rings. The van der Waals surface area contributed by atoms with Crippen LogP contribution in [0, 0.1) is 5.41 Å². The van der Waals surface area contributed by atoms with Crippen molar-refractivity contribution in [1.82, 2.24) is 10.3 Å². The van der Waals surface area contributed by atoms with E-state index in [9.17, 15) is 22.8 Å². The van der Waals surface area contributed by atoms with Crippen LogP contribution in [0.25, 0.3) is 10.6 Å². The van der Waals surface area contributed by atoms with Crippen molar-refractivity contribution in [1.29, 1.82) is 0 Å². The number of aromatic nitrogens is 1. The van der Waals surface area contributed by atoms with Gasteiger partial charge in [0.1, 0.15) is 10.7 Å². The molecule has 9 heteroatoms. The maximum absolute atomic E-state index is 12.8. The van der Waals surface area contributed by atoms with Gasteiger partial charge >= 0.3 is 12.1 Å². The lowest BCUT2D eigenvalue weighted by molar-refractivity contribution is -0.146. The maximum atomic E-state index is 12.8. The van der Waals surface area contributed by atoms with Gasteiger partial charge in [0.25, 0.3) is 5.91 Å². The van der Waals surface area contributed by atoms with Crippen LogP contribution in [0.1, 0.15) is 29.9 Å². The van der Waals surface area contributed by atoms with Gasteiger partial charge in [-0.15, -0.1) is 11.3 Å². The average Bonchev–Trinajstić information content (AvgIpc) is 3.02. The fraction of sp³-hybridized carbons (Fsp3) is 0.312. The highest BCUT2D eigenvalue weighted by atomic mass is 32.1. The SMILES string of the molecule is CC(C)(CNC(=O)c1csc(-c2cccc(C(F)(F)F)c2)n1)C(=O)O. The first kappa shape index (κ1) is 18.9. The summed E-state index contributed by atoms with van der Waals surface area (Å²) < 4.78 is 38.3. The Morgan fingerprint density at radius 3 is 2.56 bits per heavy atom. The standard InChI is InChI=1S/C16H15F3N2O3S/c1-15(2,14(23)24)8-20-12(22)11-7-25-13(21-11)9-4-3-5-10(6-9)16(17,18)19/h3-7H,8H2,1-2H3,(H,20,22)(H,23,24). The molecule has 1 heterocycles. The minimum atomic E-state index is -4.46. The van der Waals surface area contributed by atoms with Crippen molar-refractivity contribution in [2.24, 2.45) is 5.41 Å². The Labute approximate surface area is 145 Å². The van der Waals surface area contributed by atoms with Crippen LogP contribution in [0.4, 0.5) is 13.2 Å². The molecule has 0 spiro atoms. The summed E-state index contributed by atoms with van der Waals surface area (Å²) in [6.07, 6.45) is -4.46. The summed E-state index contributed by atoms with van der Waals surface area (Å²) in [7, 11) is 0. The van der Waals surface area contributed by atoms with Gasteiger partial charge in [-0.05, 0) is 26.0 Å². The molecule has 134 valence electrons. The fourth-order valence-electron chi connectivity index (χ4n) is 1.81. The molecule has 1 aromatic heterocycles. The van der Waals surface area contributed by atoms with Gasteiger partial charge in [0.15, 0.2) is 0 Å². The quantitative estimate of drug-likeness (QED) is 0.839. The summed E-state index contributed by atoms with van der Waals surface area (Å²) in [5.74, 6) is -1.64. The molecule has 0 fully saturated rings. The van der Waals surface area contributed by atoms with E-state index in [1.807, 2.05) is 0 Å². The van der Waals surface area contributed by atoms with Crippen molar-refractivity contribution in [2.75, 3.05) is 6.54 Å². The van der Waals surface area contributed by atoms with Gasteiger partial charge in [-0.1, -0.05) is 12.1 Å². The van der Waals surface area contributed by atoms with E-state index >= 15 is 0 Å². The number of nitrogens with one attached hydrogen (secondary N) is 1. The summed E-state index contributed by atoms with van der Waals surface area (Å²) in [6, 6.07) is 4.67. The highest BCUT2D eigenvalue weighted by Crippen LogP contribution is 2.33. The zero-order valence-electron chi connectivity index (χ0n) is 13.3. The van der Waals surface area contributed by atoms with E-state index in [1.165, 1.54) is 31.4 Å². The van der Waals surface area contributed by atoms with Crippen LogP contribution in [0.2, 0.25) is 0 Å². The van der Waals surface area contributed by atoms with Gasteiger partial charge < -0.3 is 10.4 Å². The number of carbonyl (C=O) groups is 2. The Balaban J connectivity index is 2.15. The molecule has 0 saturated heterocycles. The molecule has 1 amide bonds. The van der Waals surface area contributed by atoms with Crippen LogP contribution < -0.4 is 5.32 Å². The lowest BCUT2D eigenvalue weighted by Crippen LogP contribution is -2.39. The second-order valence-corrected chi connectivity index (χ2v) is 6.85. The van der Waals surface area contributed by atoms with E-state index in [0.29, 0.717) is 0 Å². The molecule has 1 aromatic carbocycles. The fourth-order valence-corrected chi connectivity index (χ4v) is 2.60. The number of carboxylic acids is 1. The second-order valence-electron chi connectivity index (χ2n) is 5.99. The van der Waals surface area contributed by atoms with Crippen molar-refractivity contribution >= 4 is 23.2 Å². The van der Waals surface area contributed by atoms with Crippen LogP contribution in [-0.4, -0.2) is 28.5 Å². The summed E-state index contributed by atoms with van der Waals surface area (Å²) >= 11 is 1.03. The van der Waals surface area contributed by atoms with Crippen LogP contribution in [0.5, 0.6) is 0 Å². The Morgan fingerprint density at radius 2 is 1.96 bits per heavy atom. The molecule has 0 atom stereocenters. The number of thiazole rings is 1. The molecule has 0 aliphatic carbocycles.